The molecule has 0 spiro atoms. The third kappa shape index (κ3) is 5.40. The monoisotopic (exact) mass is 398 g/mol. The van der Waals surface area contributed by atoms with Crippen LogP contribution in [0.4, 0.5) is 0 Å². The van der Waals surface area contributed by atoms with Gasteiger partial charge in [0.1, 0.15) is 5.75 Å². The van der Waals surface area contributed by atoms with Crippen molar-refractivity contribution in [2.45, 2.75) is 52.0 Å². The SMILES string of the molecule is Cc1ccc(OCC(=O)N2CCC(NC(=O)c3ccco3)CC2)c(C(C)(C)C)c1. The van der Waals surface area contributed by atoms with Gasteiger partial charge in [0.2, 0.25) is 0 Å². The van der Waals surface area contributed by atoms with Crippen LogP contribution in [-0.4, -0.2) is 42.5 Å². The predicted molar refractivity (Wildman–Crippen MR) is 111 cm³/mol. The molecule has 0 unspecified atom stereocenters. The Kier molecular flexibility index (Phi) is 6.30. The molecule has 0 bridgehead atoms. The van der Waals surface area contributed by atoms with Crippen LogP contribution in [0.3, 0.4) is 0 Å². The van der Waals surface area contributed by atoms with Gasteiger partial charge in [0.25, 0.3) is 11.8 Å². The Morgan fingerprint density at radius 2 is 1.93 bits per heavy atom. The number of rotatable bonds is 5. The Labute approximate surface area is 172 Å². The highest BCUT2D eigenvalue weighted by atomic mass is 16.5. The number of amides is 2. The van der Waals surface area contributed by atoms with Crippen molar-refractivity contribution in [3.63, 3.8) is 0 Å². The maximum absolute atomic E-state index is 12.6. The van der Waals surface area contributed by atoms with Crippen LogP contribution in [0, 0.1) is 6.92 Å². The molecule has 156 valence electrons. The van der Waals surface area contributed by atoms with Crippen molar-refractivity contribution in [3.05, 3.63) is 53.5 Å². The van der Waals surface area contributed by atoms with Crippen LogP contribution < -0.4 is 10.1 Å². The van der Waals surface area contributed by atoms with E-state index in [1.54, 1.807) is 17.0 Å². The van der Waals surface area contributed by atoms with Crippen LogP contribution in [0.15, 0.2) is 41.0 Å². The standard InChI is InChI=1S/C23H30N2O4/c1-16-7-8-19(18(14-16)23(2,3)4)29-15-21(26)25-11-9-17(10-12-25)24-22(27)20-6-5-13-28-20/h5-8,13-14,17H,9-12,15H2,1-4H3,(H,24,27). The summed E-state index contributed by atoms with van der Waals surface area (Å²) < 4.78 is 11.0. The van der Waals surface area contributed by atoms with E-state index in [4.69, 9.17) is 9.15 Å². The maximum atomic E-state index is 12.6. The van der Waals surface area contributed by atoms with Gasteiger partial charge in [0.05, 0.1) is 6.26 Å². The second-order valence-electron chi connectivity index (χ2n) is 8.64. The largest absolute Gasteiger partial charge is 0.483 e. The number of furan rings is 1. The molecule has 2 heterocycles. The average Bonchev–Trinajstić information content (AvgIpc) is 3.21. The summed E-state index contributed by atoms with van der Waals surface area (Å²) in [6, 6.07) is 9.44. The molecule has 1 aromatic heterocycles. The second kappa shape index (κ2) is 8.72. The minimum absolute atomic E-state index is 0.0234. The van der Waals surface area contributed by atoms with Crippen molar-refractivity contribution in [2.24, 2.45) is 0 Å². The van der Waals surface area contributed by atoms with E-state index in [0.29, 0.717) is 18.8 Å². The van der Waals surface area contributed by atoms with Crippen LogP contribution in [0.25, 0.3) is 0 Å². The normalized spacial score (nSPS) is 15.2. The van der Waals surface area contributed by atoms with E-state index < -0.39 is 0 Å². The molecule has 0 aliphatic carbocycles. The summed E-state index contributed by atoms with van der Waals surface area (Å²) in [5, 5.41) is 2.97. The minimum Gasteiger partial charge on any atom is -0.483 e. The summed E-state index contributed by atoms with van der Waals surface area (Å²) in [5.41, 5.74) is 2.21. The lowest BCUT2D eigenvalue weighted by molar-refractivity contribution is -0.134. The van der Waals surface area contributed by atoms with E-state index >= 15 is 0 Å². The molecule has 29 heavy (non-hydrogen) atoms. The molecule has 1 fully saturated rings. The zero-order valence-electron chi connectivity index (χ0n) is 17.7. The lowest BCUT2D eigenvalue weighted by atomic mass is 9.85. The molecule has 1 aliphatic heterocycles. The van der Waals surface area contributed by atoms with Gasteiger partial charge in [-0.25, -0.2) is 0 Å². The third-order valence-electron chi connectivity index (χ3n) is 5.22. The summed E-state index contributed by atoms with van der Waals surface area (Å²) in [7, 11) is 0. The summed E-state index contributed by atoms with van der Waals surface area (Å²) in [6.07, 6.45) is 2.92. The number of aryl methyl sites for hydroxylation is 1. The van der Waals surface area contributed by atoms with E-state index in [1.807, 2.05) is 12.1 Å². The van der Waals surface area contributed by atoms with Gasteiger partial charge in [-0.1, -0.05) is 38.5 Å². The van der Waals surface area contributed by atoms with Gasteiger partial charge in [0.15, 0.2) is 12.4 Å². The van der Waals surface area contributed by atoms with Gasteiger partial charge in [-0.15, -0.1) is 0 Å². The highest BCUT2D eigenvalue weighted by Crippen LogP contribution is 2.32. The van der Waals surface area contributed by atoms with Crippen molar-refractivity contribution in [2.75, 3.05) is 19.7 Å². The number of likely N-dealkylation sites (tertiary alicyclic amines) is 1. The summed E-state index contributed by atoms with van der Waals surface area (Å²) >= 11 is 0. The first-order valence-corrected chi connectivity index (χ1v) is 10.1. The van der Waals surface area contributed by atoms with Crippen molar-refractivity contribution < 1.29 is 18.7 Å². The van der Waals surface area contributed by atoms with Crippen LogP contribution >= 0.6 is 0 Å². The first-order chi connectivity index (χ1) is 13.7. The highest BCUT2D eigenvalue weighted by Gasteiger charge is 2.26. The van der Waals surface area contributed by atoms with Gasteiger partial charge in [-0.05, 0) is 48.9 Å². The molecule has 2 aromatic rings. The van der Waals surface area contributed by atoms with E-state index in [-0.39, 0.29) is 29.9 Å². The first kappa shape index (κ1) is 21.0. The molecule has 0 radical (unpaired) electrons. The molecule has 1 N–H and O–H groups in total. The fraction of sp³-hybridized carbons (Fsp3) is 0.478. The number of ether oxygens (including phenoxy) is 1. The molecular formula is C23H30N2O4. The lowest BCUT2D eigenvalue weighted by Gasteiger charge is -2.32. The quantitative estimate of drug-likeness (QED) is 0.834. The molecule has 2 amide bonds. The Balaban J connectivity index is 1.50. The van der Waals surface area contributed by atoms with Gasteiger partial charge < -0.3 is 19.4 Å². The van der Waals surface area contributed by atoms with Gasteiger partial charge in [-0.2, -0.15) is 0 Å². The molecule has 1 aliphatic rings. The smallest absolute Gasteiger partial charge is 0.287 e. The molecule has 1 saturated heterocycles. The van der Waals surface area contributed by atoms with Crippen molar-refractivity contribution >= 4 is 11.8 Å². The van der Waals surface area contributed by atoms with Crippen LogP contribution in [0.2, 0.25) is 0 Å². The highest BCUT2D eigenvalue weighted by molar-refractivity contribution is 5.91. The van der Waals surface area contributed by atoms with Gasteiger partial charge >= 0.3 is 0 Å². The minimum atomic E-state index is -0.211. The maximum Gasteiger partial charge on any atom is 0.287 e. The first-order valence-electron chi connectivity index (χ1n) is 10.1. The Morgan fingerprint density at radius 1 is 1.21 bits per heavy atom. The van der Waals surface area contributed by atoms with E-state index in [0.717, 1.165) is 24.2 Å². The molecule has 3 rings (SSSR count). The molecule has 0 saturated carbocycles. The van der Waals surface area contributed by atoms with E-state index in [2.05, 4.69) is 39.1 Å². The van der Waals surface area contributed by atoms with Crippen LogP contribution in [0.5, 0.6) is 5.75 Å². The zero-order valence-corrected chi connectivity index (χ0v) is 17.7. The lowest BCUT2D eigenvalue weighted by Crippen LogP contribution is -2.47. The molecule has 6 heteroatoms. The van der Waals surface area contributed by atoms with E-state index in [1.165, 1.54) is 11.8 Å². The molecule has 6 nitrogen and oxygen atoms in total. The van der Waals surface area contributed by atoms with Crippen LogP contribution in [-0.2, 0) is 10.2 Å². The number of benzene rings is 1. The fourth-order valence-electron chi connectivity index (χ4n) is 3.52. The summed E-state index contributed by atoms with van der Waals surface area (Å²) in [6.45, 7) is 9.69. The fourth-order valence-corrected chi connectivity index (χ4v) is 3.52. The van der Waals surface area contributed by atoms with E-state index in [9.17, 15) is 9.59 Å². The van der Waals surface area contributed by atoms with Crippen LogP contribution in [0.1, 0.15) is 55.3 Å². The number of hydrogen-bond acceptors (Lipinski definition) is 4. The Hall–Kier alpha value is -2.76. The van der Waals surface area contributed by atoms with Crippen molar-refractivity contribution in [1.82, 2.24) is 10.2 Å². The third-order valence-corrected chi connectivity index (χ3v) is 5.22. The number of carbonyl (C=O) groups excluding carboxylic acids is 2. The zero-order chi connectivity index (χ0) is 21.0. The molecule has 0 atom stereocenters. The molecular weight excluding hydrogens is 368 g/mol. The van der Waals surface area contributed by atoms with Gasteiger partial charge in [0, 0.05) is 19.1 Å². The summed E-state index contributed by atoms with van der Waals surface area (Å²) in [4.78, 5) is 26.5. The Bertz CT molecular complexity index is 844. The van der Waals surface area contributed by atoms with Crippen molar-refractivity contribution in [1.29, 1.82) is 0 Å². The number of nitrogens with one attached hydrogen (secondary N) is 1. The number of hydrogen-bond donors (Lipinski definition) is 1. The van der Waals surface area contributed by atoms with Crippen molar-refractivity contribution in [3.8, 4) is 5.75 Å². The average molecular weight is 399 g/mol. The predicted octanol–water partition coefficient (Wildman–Crippen LogP) is 3.69. The number of piperidine rings is 1. The van der Waals surface area contributed by atoms with Gasteiger partial charge in [-0.3, -0.25) is 9.59 Å². The number of nitrogens with zero attached hydrogens (tertiary/aromatic N) is 1. The second-order valence-corrected chi connectivity index (χ2v) is 8.64. The number of carbonyl (C=O) groups is 2. The topological polar surface area (TPSA) is 71.8 Å². The Morgan fingerprint density at radius 3 is 2.55 bits per heavy atom. The molecule has 1 aromatic carbocycles. The summed E-state index contributed by atoms with van der Waals surface area (Å²) in [5.74, 6) is 0.833.